The summed E-state index contributed by atoms with van der Waals surface area (Å²) < 4.78 is 1.50. The predicted molar refractivity (Wildman–Crippen MR) is 61.9 cm³/mol. The molecule has 0 radical (unpaired) electrons. The molecule has 0 aliphatic heterocycles. The number of hydrogen-bond acceptors (Lipinski definition) is 3. The average Bonchev–Trinajstić information content (AvgIpc) is 2.44. The molecule has 1 aromatic heterocycles. The van der Waals surface area contributed by atoms with E-state index in [9.17, 15) is 4.79 Å². The highest BCUT2D eigenvalue weighted by molar-refractivity contribution is 5.98. The molecule has 0 aromatic carbocycles. The minimum atomic E-state index is -0.120. The van der Waals surface area contributed by atoms with E-state index in [-0.39, 0.29) is 11.9 Å². The Hall–Kier alpha value is -1.52. The highest BCUT2D eigenvalue weighted by atomic mass is 16.1. The van der Waals surface area contributed by atoms with Crippen molar-refractivity contribution in [2.24, 2.45) is 13.0 Å². The van der Waals surface area contributed by atoms with Crippen molar-refractivity contribution in [3.63, 3.8) is 0 Å². The van der Waals surface area contributed by atoms with E-state index in [1.54, 1.807) is 7.05 Å². The van der Waals surface area contributed by atoms with E-state index in [1.807, 2.05) is 6.92 Å². The summed E-state index contributed by atoms with van der Waals surface area (Å²) in [5, 5.41) is 6.93. The molecule has 5 nitrogen and oxygen atoms in total. The van der Waals surface area contributed by atoms with Crippen LogP contribution in [-0.2, 0) is 7.05 Å². The summed E-state index contributed by atoms with van der Waals surface area (Å²) in [6.07, 6.45) is 5.21. The first-order valence-corrected chi connectivity index (χ1v) is 5.68. The number of nitrogens with one attached hydrogen (secondary N) is 1. The summed E-state index contributed by atoms with van der Waals surface area (Å²) in [6, 6.07) is 0.223. The number of aromatic nitrogens is 2. The molecule has 16 heavy (non-hydrogen) atoms. The van der Waals surface area contributed by atoms with Gasteiger partial charge in [0.15, 0.2) is 0 Å². The van der Waals surface area contributed by atoms with Gasteiger partial charge in [-0.15, -0.1) is 0 Å². The Morgan fingerprint density at radius 3 is 2.81 bits per heavy atom. The van der Waals surface area contributed by atoms with Crippen LogP contribution in [0.2, 0.25) is 0 Å². The van der Waals surface area contributed by atoms with Gasteiger partial charge in [0.1, 0.15) is 11.4 Å². The van der Waals surface area contributed by atoms with Crippen LogP contribution in [0.3, 0.4) is 0 Å². The molecule has 1 amide bonds. The molecule has 1 aromatic rings. The van der Waals surface area contributed by atoms with E-state index in [0.717, 1.165) is 0 Å². The number of nitrogen functional groups attached to an aromatic ring is 1. The van der Waals surface area contributed by atoms with Crippen molar-refractivity contribution >= 4 is 11.7 Å². The number of rotatable bonds is 3. The summed E-state index contributed by atoms with van der Waals surface area (Å²) in [6.45, 7) is 2.05. The SMILES string of the molecule is CC(NC(=O)c1cnn(C)c1N)C1CCC1. The molecule has 1 fully saturated rings. The smallest absolute Gasteiger partial charge is 0.256 e. The molecule has 3 N–H and O–H groups in total. The molecule has 0 saturated heterocycles. The predicted octanol–water partition coefficient (Wildman–Crippen LogP) is 0.921. The van der Waals surface area contributed by atoms with E-state index < -0.39 is 0 Å². The number of carbonyl (C=O) groups excluding carboxylic acids is 1. The maximum absolute atomic E-state index is 11.9. The summed E-state index contributed by atoms with van der Waals surface area (Å²) in [5.41, 5.74) is 6.21. The van der Waals surface area contributed by atoms with Crippen LogP contribution in [0.4, 0.5) is 5.82 Å². The van der Waals surface area contributed by atoms with Crippen LogP contribution < -0.4 is 11.1 Å². The number of nitrogens with zero attached hydrogens (tertiary/aromatic N) is 2. The third kappa shape index (κ3) is 1.89. The maximum Gasteiger partial charge on any atom is 0.256 e. The van der Waals surface area contributed by atoms with Gasteiger partial charge in [0, 0.05) is 13.1 Å². The zero-order valence-electron chi connectivity index (χ0n) is 9.73. The van der Waals surface area contributed by atoms with Gasteiger partial charge in [0.05, 0.1) is 6.20 Å². The second-order valence-electron chi connectivity index (χ2n) is 4.52. The fraction of sp³-hybridized carbons (Fsp3) is 0.636. The van der Waals surface area contributed by atoms with Gasteiger partial charge in [0.25, 0.3) is 5.91 Å². The van der Waals surface area contributed by atoms with Crippen molar-refractivity contribution in [3.05, 3.63) is 11.8 Å². The molecule has 88 valence electrons. The Kier molecular flexibility index (Phi) is 2.85. The van der Waals surface area contributed by atoms with E-state index in [0.29, 0.717) is 17.3 Å². The number of hydrogen-bond donors (Lipinski definition) is 2. The minimum absolute atomic E-state index is 0.120. The van der Waals surface area contributed by atoms with Crippen molar-refractivity contribution in [1.29, 1.82) is 0 Å². The fourth-order valence-electron chi connectivity index (χ4n) is 1.96. The third-order valence-electron chi connectivity index (χ3n) is 3.44. The number of aryl methyl sites for hydroxylation is 1. The van der Waals surface area contributed by atoms with Crippen molar-refractivity contribution in [3.8, 4) is 0 Å². The highest BCUT2D eigenvalue weighted by Crippen LogP contribution is 2.29. The lowest BCUT2D eigenvalue weighted by atomic mass is 9.80. The Bertz CT molecular complexity index is 395. The number of amides is 1. The van der Waals surface area contributed by atoms with E-state index >= 15 is 0 Å². The lowest BCUT2D eigenvalue weighted by Gasteiger charge is -2.31. The molecular weight excluding hydrogens is 204 g/mol. The summed E-state index contributed by atoms with van der Waals surface area (Å²) >= 11 is 0. The monoisotopic (exact) mass is 222 g/mol. The molecule has 1 unspecified atom stereocenters. The Labute approximate surface area is 95.0 Å². The van der Waals surface area contributed by atoms with Crippen LogP contribution >= 0.6 is 0 Å². The van der Waals surface area contributed by atoms with Gasteiger partial charge in [-0.1, -0.05) is 6.42 Å². The molecule has 0 spiro atoms. The number of nitrogens with two attached hydrogens (primary N) is 1. The van der Waals surface area contributed by atoms with Gasteiger partial charge >= 0.3 is 0 Å². The van der Waals surface area contributed by atoms with Crippen LogP contribution in [0.5, 0.6) is 0 Å². The topological polar surface area (TPSA) is 72.9 Å². The Morgan fingerprint density at radius 1 is 1.69 bits per heavy atom. The van der Waals surface area contributed by atoms with Crippen LogP contribution in [0.25, 0.3) is 0 Å². The zero-order chi connectivity index (χ0) is 11.7. The lowest BCUT2D eigenvalue weighted by Crippen LogP contribution is -2.40. The first kappa shape index (κ1) is 11.0. The molecule has 0 bridgehead atoms. The van der Waals surface area contributed by atoms with Gasteiger partial charge in [0.2, 0.25) is 0 Å². The molecule has 1 aliphatic carbocycles. The first-order valence-electron chi connectivity index (χ1n) is 5.68. The van der Waals surface area contributed by atoms with Gasteiger partial charge in [-0.2, -0.15) is 5.10 Å². The van der Waals surface area contributed by atoms with Crippen molar-refractivity contribution < 1.29 is 4.79 Å². The van der Waals surface area contributed by atoms with Gasteiger partial charge in [-0.3, -0.25) is 9.48 Å². The fourth-order valence-corrected chi connectivity index (χ4v) is 1.96. The van der Waals surface area contributed by atoms with E-state index in [1.165, 1.54) is 30.1 Å². The second-order valence-corrected chi connectivity index (χ2v) is 4.52. The molecule has 5 heteroatoms. The lowest BCUT2D eigenvalue weighted by molar-refractivity contribution is 0.0910. The van der Waals surface area contributed by atoms with Gasteiger partial charge in [-0.25, -0.2) is 0 Å². The van der Waals surface area contributed by atoms with E-state index in [4.69, 9.17) is 5.73 Å². The average molecular weight is 222 g/mol. The van der Waals surface area contributed by atoms with E-state index in [2.05, 4.69) is 10.4 Å². The zero-order valence-corrected chi connectivity index (χ0v) is 9.73. The third-order valence-corrected chi connectivity index (χ3v) is 3.44. The standard InChI is InChI=1S/C11H18N4O/c1-7(8-4-3-5-8)14-11(16)9-6-13-15(2)10(9)12/h6-8H,3-5,12H2,1-2H3,(H,14,16). The number of anilines is 1. The maximum atomic E-state index is 11.9. The molecule has 2 rings (SSSR count). The first-order chi connectivity index (χ1) is 7.59. The van der Waals surface area contributed by atoms with Crippen LogP contribution in [-0.4, -0.2) is 21.7 Å². The normalized spacial score (nSPS) is 17.9. The van der Waals surface area contributed by atoms with Crippen molar-refractivity contribution in [1.82, 2.24) is 15.1 Å². The number of carbonyl (C=O) groups is 1. The highest BCUT2D eigenvalue weighted by Gasteiger charge is 2.26. The van der Waals surface area contributed by atoms with Gasteiger partial charge in [-0.05, 0) is 25.7 Å². The summed E-state index contributed by atoms with van der Waals surface area (Å²) in [5.74, 6) is 0.921. The van der Waals surface area contributed by atoms with Gasteiger partial charge < -0.3 is 11.1 Å². The molecule has 1 aliphatic rings. The minimum Gasteiger partial charge on any atom is -0.383 e. The molecule has 1 atom stereocenters. The Balaban J connectivity index is 1.99. The van der Waals surface area contributed by atoms with Crippen molar-refractivity contribution in [2.45, 2.75) is 32.2 Å². The van der Waals surface area contributed by atoms with Crippen LogP contribution in [0.1, 0.15) is 36.5 Å². The molecular formula is C11H18N4O. The van der Waals surface area contributed by atoms with Crippen LogP contribution in [0.15, 0.2) is 6.20 Å². The summed E-state index contributed by atoms with van der Waals surface area (Å²) in [7, 11) is 1.72. The molecule has 1 heterocycles. The molecule has 1 saturated carbocycles. The summed E-state index contributed by atoms with van der Waals surface area (Å²) in [4.78, 5) is 11.9. The second kappa shape index (κ2) is 4.15. The van der Waals surface area contributed by atoms with Crippen molar-refractivity contribution in [2.75, 3.05) is 5.73 Å². The van der Waals surface area contributed by atoms with Crippen LogP contribution in [0, 0.1) is 5.92 Å². The quantitative estimate of drug-likeness (QED) is 0.798. The largest absolute Gasteiger partial charge is 0.383 e. The Morgan fingerprint density at radius 2 is 2.38 bits per heavy atom.